The van der Waals surface area contributed by atoms with Crippen LogP contribution in [0.4, 0.5) is 11.4 Å². The summed E-state index contributed by atoms with van der Waals surface area (Å²) in [7, 11) is 0. The number of rotatable bonds is 8. The van der Waals surface area contributed by atoms with E-state index in [4.69, 9.17) is 23.2 Å². The number of aromatic carboxylic acids is 1. The van der Waals surface area contributed by atoms with E-state index in [1.54, 1.807) is 24.3 Å². The van der Waals surface area contributed by atoms with Crippen molar-refractivity contribution in [2.75, 3.05) is 10.6 Å². The summed E-state index contributed by atoms with van der Waals surface area (Å²) < 4.78 is 0. The summed E-state index contributed by atoms with van der Waals surface area (Å²) >= 11 is 13.3. The van der Waals surface area contributed by atoms with Crippen LogP contribution in [0.1, 0.15) is 31.5 Å². The fourth-order valence-electron chi connectivity index (χ4n) is 3.55. The fourth-order valence-corrected chi connectivity index (χ4v) is 5.13. The van der Waals surface area contributed by atoms with Crippen molar-refractivity contribution in [3.8, 4) is 5.75 Å². The van der Waals surface area contributed by atoms with Crippen LogP contribution >= 0.6 is 35.0 Å². The van der Waals surface area contributed by atoms with Crippen molar-refractivity contribution in [1.82, 2.24) is 0 Å². The van der Waals surface area contributed by atoms with Crippen molar-refractivity contribution in [2.45, 2.75) is 10.1 Å². The van der Waals surface area contributed by atoms with Crippen LogP contribution in [0.15, 0.2) is 95.9 Å². The van der Waals surface area contributed by atoms with Crippen molar-refractivity contribution in [2.24, 2.45) is 0 Å². The van der Waals surface area contributed by atoms with E-state index in [0.717, 1.165) is 5.56 Å². The summed E-state index contributed by atoms with van der Waals surface area (Å²) in [6.07, 6.45) is 0. The number of phenols is 1. The number of aromatic hydroxyl groups is 1. The first-order valence-corrected chi connectivity index (χ1v) is 12.8. The maximum Gasteiger partial charge on any atom is 0.339 e. The maximum absolute atomic E-state index is 13.4. The lowest BCUT2D eigenvalue weighted by Crippen LogP contribution is -2.19. The van der Waals surface area contributed by atoms with E-state index in [2.05, 4.69) is 10.6 Å². The second-order valence-electron chi connectivity index (χ2n) is 8.04. The molecular formula is C28H20Cl2N2O5S. The molecule has 0 bridgehead atoms. The molecule has 0 spiro atoms. The average molecular weight is 567 g/mol. The summed E-state index contributed by atoms with van der Waals surface area (Å²) in [5.74, 6) is -2.52. The zero-order valence-corrected chi connectivity index (χ0v) is 21.8. The Balaban J connectivity index is 1.56. The lowest BCUT2D eigenvalue weighted by Gasteiger charge is -2.18. The molecule has 7 nitrogen and oxygen atoms in total. The van der Waals surface area contributed by atoms with Gasteiger partial charge in [-0.2, -0.15) is 0 Å². The minimum Gasteiger partial charge on any atom is -0.507 e. The van der Waals surface area contributed by atoms with Crippen LogP contribution in [-0.2, 0) is 4.79 Å². The zero-order chi connectivity index (χ0) is 27.2. The summed E-state index contributed by atoms with van der Waals surface area (Å²) in [5, 5.41) is 24.5. The van der Waals surface area contributed by atoms with Gasteiger partial charge in [-0.25, -0.2) is 4.79 Å². The Labute approximate surface area is 232 Å². The number of carbonyl (C=O) groups is 3. The number of hydrogen-bond acceptors (Lipinski definition) is 5. The fraction of sp³-hybridized carbons (Fsp3) is 0.0357. The van der Waals surface area contributed by atoms with Gasteiger partial charge in [-0.15, -0.1) is 11.8 Å². The summed E-state index contributed by atoms with van der Waals surface area (Å²) in [4.78, 5) is 38.2. The van der Waals surface area contributed by atoms with Crippen molar-refractivity contribution >= 4 is 64.1 Å². The lowest BCUT2D eigenvalue weighted by atomic mass is 10.1. The molecule has 0 fully saturated rings. The Bertz CT molecular complexity index is 1510. The van der Waals surface area contributed by atoms with Crippen LogP contribution in [0, 0.1) is 0 Å². The number of hydrogen-bond donors (Lipinski definition) is 4. The topological polar surface area (TPSA) is 116 Å². The van der Waals surface area contributed by atoms with Crippen LogP contribution in [0.5, 0.6) is 5.75 Å². The highest BCUT2D eigenvalue weighted by Crippen LogP contribution is 2.37. The number of amides is 2. The smallest absolute Gasteiger partial charge is 0.339 e. The molecular weight excluding hydrogens is 547 g/mol. The number of thioether (sulfide) groups is 1. The van der Waals surface area contributed by atoms with E-state index >= 15 is 0 Å². The van der Waals surface area contributed by atoms with E-state index in [1.807, 2.05) is 36.4 Å². The second-order valence-corrected chi connectivity index (χ2v) is 10.1. The quantitative estimate of drug-likeness (QED) is 0.133. The molecule has 4 aromatic carbocycles. The van der Waals surface area contributed by atoms with Gasteiger partial charge < -0.3 is 20.8 Å². The molecule has 0 aliphatic heterocycles. The number of carboxylic acids is 1. The first-order valence-electron chi connectivity index (χ1n) is 11.2. The summed E-state index contributed by atoms with van der Waals surface area (Å²) in [5.41, 5.74) is 1.39. The van der Waals surface area contributed by atoms with Gasteiger partial charge in [0.25, 0.3) is 5.91 Å². The van der Waals surface area contributed by atoms with Crippen LogP contribution in [0.25, 0.3) is 0 Å². The molecule has 2 amide bonds. The lowest BCUT2D eigenvalue weighted by molar-refractivity contribution is -0.115. The van der Waals surface area contributed by atoms with Crippen LogP contribution in [-0.4, -0.2) is 28.0 Å². The van der Waals surface area contributed by atoms with E-state index in [1.165, 1.54) is 42.1 Å². The van der Waals surface area contributed by atoms with Gasteiger partial charge in [0.2, 0.25) is 5.91 Å². The Morgan fingerprint density at radius 3 is 2.21 bits per heavy atom. The van der Waals surface area contributed by atoms with E-state index < -0.39 is 28.8 Å². The molecule has 0 saturated heterocycles. The highest BCUT2D eigenvalue weighted by Gasteiger charge is 2.23. The van der Waals surface area contributed by atoms with Crippen molar-refractivity contribution in [3.63, 3.8) is 0 Å². The first kappa shape index (κ1) is 27.1. The Morgan fingerprint density at radius 1 is 0.763 bits per heavy atom. The first-order chi connectivity index (χ1) is 18.2. The van der Waals surface area contributed by atoms with Crippen LogP contribution < -0.4 is 10.6 Å². The van der Waals surface area contributed by atoms with Gasteiger partial charge in [-0.1, -0.05) is 59.6 Å². The Hall–Kier alpha value is -3.98. The predicted octanol–water partition coefficient (Wildman–Crippen LogP) is 7.12. The molecule has 0 saturated carbocycles. The third-order valence-corrected chi connectivity index (χ3v) is 7.15. The third kappa shape index (κ3) is 6.66. The second kappa shape index (κ2) is 12.0. The minimum absolute atomic E-state index is 0.224. The molecule has 4 aromatic rings. The Kier molecular flexibility index (Phi) is 8.58. The van der Waals surface area contributed by atoms with Crippen molar-refractivity contribution in [1.29, 1.82) is 0 Å². The number of benzene rings is 4. The highest BCUT2D eigenvalue weighted by molar-refractivity contribution is 8.00. The molecule has 0 heterocycles. The molecule has 4 N–H and O–H groups in total. The summed E-state index contributed by atoms with van der Waals surface area (Å²) in [6.45, 7) is 0. The molecule has 10 heteroatoms. The van der Waals surface area contributed by atoms with Crippen molar-refractivity contribution < 1.29 is 24.6 Å². The standard InChI is InChI=1S/C28H20Cl2N2O5S/c29-17-9-11-21(23(30)13-17)26(34)31-18-7-4-8-20(14-18)38-25(16-5-2-1-3-6-16)27(35)32-19-10-12-24(33)22(15-19)28(36)37/h1-15,25,33H,(H,31,34)(H,32,35)(H,36,37). The molecule has 0 aliphatic rings. The molecule has 1 unspecified atom stereocenters. The zero-order valence-electron chi connectivity index (χ0n) is 19.5. The van der Waals surface area contributed by atoms with Gasteiger partial charge in [-0.3, -0.25) is 9.59 Å². The van der Waals surface area contributed by atoms with Gasteiger partial charge in [0.15, 0.2) is 0 Å². The monoisotopic (exact) mass is 566 g/mol. The normalized spacial score (nSPS) is 11.4. The average Bonchev–Trinajstić information content (AvgIpc) is 2.89. The number of anilines is 2. The van der Waals surface area contributed by atoms with Crippen molar-refractivity contribution in [3.05, 3.63) is 118 Å². The van der Waals surface area contributed by atoms with Gasteiger partial charge in [-0.05, 0) is 60.2 Å². The molecule has 1 atom stereocenters. The number of carboxylic acid groups (broad SMARTS) is 1. The third-order valence-electron chi connectivity index (χ3n) is 5.36. The summed E-state index contributed by atoms with van der Waals surface area (Å²) in [6, 6.07) is 24.5. The highest BCUT2D eigenvalue weighted by atomic mass is 35.5. The van der Waals surface area contributed by atoms with Gasteiger partial charge in [0.05, 0.1) is 10.6 Å². The molecule has 192 valence electrons. The molecule has 38 heavy (non-hydrogen) atoms. The number of carbonyl (C=O) groups excluding carboxylic acids is 2. The largest absolute Gasteiger partial charge is 0.507 e. The molecule has 0 aliphatic carbocycles. The van der Waals surface area contributed by atoms with E-state index in [0.29, 0.717) is 15.6 Å². The maximum atomic E-state index is 13.4. The molecule has 4 rings (SSSR count). The number of nitrogens with one attached hydrogen (secondary N) is 2. The Morgan fingerprint density at radius 2 is 1.50 bits per heavy atom. The predicted molar refractivity (Wildman–Crippen MR) is 150 cm³/mol. The van der Waals surface area contributed by atoms with Gasteiger partial charge >= 0.3 is 5.97 Å². The van der Waals surface area contributed by atoms with Crippen LogP contribution in [0.2, 0.25) is 10.0 Å². The molecule has 0 aromatic heterocycles. The number of halogens is 2. The van der Waals surface area contributed by atoms with Gasteiger partial charge in [0.1, 0.15) is 16.6 Å². The van der Waals surface area contributed by atoms with Gasteiger partial charge in [0, 0.05) is 21.3 Å². The molecule has 0 radical (unpaired) electrons. The van der Waals surface area contributed by atoms with E-state index in [-0.39, 0.29) is 21.8 Å². The SMILES string of the molecule is O=C(O)c1cc(NC(=O)C(Sc2cccc(NC(=O)c3ccc(Cl)cc3Cl)c2)c2ccccc2)ccc1O. The van der Waals surface area contributed by atoms with Crippen LogP contribution in [0.3, 0.4) is 0 Å². The minimum atomic E-state index is -1.31. The van der Waals surface area contributed by atoms with E-state index in [9.17, 15) is 24.6 Å².